The summed E-state index contributed by atoms with van der Waals surface area (Å²) in [7, 11) is 0. The van der Waals surface area contributed by atoms with Gasteiger partial charge in [-0.25, -0.2) is 4.98 Å². The molecular formula is C20H25ClF3N3. The van der Waals surface area contributed by atoms with E-state index in [-0.39, 0.29) is 5.57 Å². The van der Waals surface area contributed by atoms with E-state index in [4.69, 9.17) is 11.6 Å². The molecule has 0 N–H and O–H groups in total. The van der Waals surface area contributed by atoms with Gasteiger partial charge in [0.05, 0.1) is 17.1 Å². The third-order valence-electron chi connectivity index (χ3n) is 3.71. The molecule has 1 rings (SSSR count). The fraction of sp³-hybridized carbons (Fsp3) is 0.450. The first-order valence-corrected chi connectivity index (χ1v) is 9.30. The van der Waals surface area contributed by atoms with E-state index < -0.39 is 11.9 Å². The van der Waals surface area contributed by atoms with Crippen LogP contribution in [0.3, 0.4) is 0 Å². The van der Waals surface area contributed by atoms with E-state index in [2.05, 4.69) is 15.0 Å². The van der Waals surface area contributed by atoms with Crippen LogP contribution in [0.15, 0.2) is 46.0 Å². The first kappa shape index (κ1) is 23.1. The molecule has 0 bridgehead atoms. The number of aryl methyl sites for hydroxylation is 1. The first-order chi connectivity index (χ1) is 12.7. The minimum absolute atomic E-state index is 0.00828. The van der Waals surface area contributed by atoms with E-state index >= 15 is 0 Å². The molecule has 0 unspecified atom stereocenters. The average Bonchev–Trinajstić information content (AvgIpc) is 2.59. The van der Waals surface area contributed by atoms with Crippen LogP contribution in [0.4, 0.5) is 18.9 Å². The van der Waals surface area contributed by atoms with Crippen LogP contribution in [0.2, 0.25) is 5.15 Å². The second-order valence-electron chi connectivity index (χ2n) is 5.87. The van der Waals surface area contributed by atoms with Gasteiger partial charge in [0.25, 0.3) is 0 Å². The minimum atomic E-state index is -4.58. The SMILES string of the molecule is C\C=C(C(CCCC)=Nc1ccc(Cl)nc1C)/C(=N/C=C\CC)C(F)(F)F. The van der Waals surface area contributed by atoms with Crippen molar-refractivity contribution in [3.63, 3.8) is 0 Å². The van der Waals surface area contributed by atoms with E-state index in [0.29, 0.717) is 41.5 Å². The lowest BCUT2D eigenvalue weighted by Gasteiger charge is -2.16. The molecule has 0 atom stereocenters. The highest BCUT2D eigenvalue weighted by molar-refractivity contribution is 6.29. The van der Waals surface area contributed by atoms with Crippen molar-refractivity contribution >= 4 is 28.7 Å². The van der Waals surface area contributed by atoms with Crippen molar-refractivity contribution in [3.05, 3.63) is 46.9 Å². The molecule has 0 saturated carbocycles. The summed E-state index contributed by atoms with van der Waals surface area (Å²) in [6.45, 7) is 7.10. The quantitative estimate of drug-likeness (QED) is 0.337. The summed E-state index contributed by atoms with van der Waals surface area (Å²) < 4.78 is 40.9. The molecule has 0 amide bonds. The molecule has 0 fully saturated rings. The molecule has 1 aromatic rings. The molecule has 0 saturated heterocycles. The van der Waals surface area contributed by atoms with Crippen LogP contribution in [0.25, 0.3) is 0 Å². The van der Waals surface area contributed by atoms with Crippen LogP contribution in [-0.4, -0.2) is 22.6 Å². The third kappa shape index (κ3) is 7.29. The van der Waals surface area contributed by atoms with E-state index in [1.54, 1.807) is 32.1 Å². The molecular weight excluding hydrogens is 375 g/mol. The zero-order valence-electron chi connectivity index (χ0n) is 16.1. The monoisotopic (exact) mass is 399 g/mol. The molecule has 27 heavy (non-hydrogen) atoms. The topological polar surface area (TPSA) is 37.6 Å². The van der Waals surface area contributed by atoms with Gasteiger partial charge < -0.3 is 0 Å². The summed E-state index contributed by atoms with van der Waals surface area (Å²) in [4.78, 5) is 12.3. The number of unbranched alkanes of at least 4 members (excludes halogenated alkanes) is 1. The Bertz CT molecular complexity index is 747. The number of aliphatic imine (C=N–C) groups is 2. The Hall–Kier alpha value is -1.95. The highest BCUT2D eigenvalue weighted by atomic mass is 35.5. The van der Waals surface area contributed by atoms with Gasteiger partial charge in [0.2, 0.25) is 0 Å². The summed E-state index contributed by atoms with van der Waals surface area (Å²) in [6, 6.07) is 3.23. The van der Waals surface area contributed by atoms with Gasteiger partial charge in [-0.15, -0.1) is 0 Å². The molecule has 7 heteroatoms. The Labute approximate surface area is 163 Å². The maximum absolute atomic E-state index is 13.6. The van der Waals surface area contributed by atoms with Crippen molar-refractivity contribution in [1.82, 2.24) is 4.98 Å². The number of aromatic nitrogens is 1. The Morgan fingerprint density at radius 3 is 2.48 bits per heavy atom. The lowest BCUT2D eigenvalue weighted by Crippen LogP contribution is -2.28. The molecule has 1 heterocycles. The van der Waals surface area contributed by atoms with Crippen molar-refractivity contribution in [2.45, 2.75) is 59.6 Å². The Kier molecular flexibility index (Phi) is 9.43. The smallest absolute Gasteiger partial charge is 0.251 e. The summed E-state index contributed by atoms with van der Waals surface area (Å²) in [5, 5.41) is 0.315. The number of rotatable bonds is 8. The lowest BCUT2D eigenvalue weighted by molar-refractivity contribution is -0.0579. The molecule has 3 nitrogen and oxygen atoms in total. The van der Waals surface area contributed by atoms with Crippen molar-refractivity contribution < 1.29 is 13.2 Å². The van der Waals surface area contributed by atoms with Crippen LogP contribution in [-0.2, 0) is 0 Å². The fourth-order valence-corrected chi connectivity index (χ4v) is 2.54. The maximum Gasteiger partial charge on any atom is 0.433 e. The fourth-order valence-electron chi connectivity index (χ4n) is 2.35. The van der Waals surface area contributed by atoms with Gasteiger partial charge >= 0.3 is 6.18 Å². The standard InChI is InChI=1S/C20H25ClF3N3/c1-5-8-10-17(27-16-11-12-18(21)26-14(16)4)15(7-3)19(20(22,23)24)25-13-9-6-2/h7,9,11-13H,5-6,8,10H2,1-4H3/b13-9-,15-7-,25-19-,27-17?. The van der Waals surface area contributed by atoms with Crippen molar-refractivity contribution in [3.8, 4) is 0 Å². The van der Waals surface area contributed by atoms with Crippen LogP contribution in [0.5, 0.6) is 0 Å². The van der Waals surface area contributed by atoms with Gasteiger partial charge in [-0.2, -0.15) is 13.2 Å². The number of hydrogen-bond donors (Lipinski definition) is 0. The molecule has 1 aromatic heterocycles. The normalized spacial score (nSPS) is 14.3. The number of alkyl halides is 3. The van der Waals surface area contributed by atoms with Gasteiger partial charge in [0, 0.05) is 11.8 Å². The van der Waals surface area contributed by atoms with Crippen molar-refractivity contribution in [1.29, 1.82) is 0 Å². The van der Waals surface area contributed by atoms with E-state index in [9.17, 15) is 13.2 Å². The zero-order chi connectivity index (χ0) is 20.4. The number of nitrogens with zero attached hydrogens (tertiary/aromatic N) is 3. The second kappa shape index (κ2) is 11.0. The minimum Gasteiger partial charge on any atom is -0.251 e. The van der Waals surface area contributed by atoms with Crippen molar-refractivity contribution in [2.75, 3.05) is 0 Å². The molecule has 148 valence electrons. The molecule has 0 aliphatic rings. The lowest BCUT2D eigenvalue weighted by atomic mass is 9.99. The third-order valence-corrected chi connectivity index (χ3v) is 3.92. The molecule has 0 aromatic carbocycles. The Balaban J connectivity index is 3.50. The average molecular weight is 400 g/mol. The second-order valence-corrected chi connectivity index (χ2v) is 6.26. The Morgan fingerprint density at radius 2 is 1.96 bits per heavy atom. The zero-order valence-corrected chi connectivity index (χ0v) is 16.8. The first-order valence-electron chi connectivity index (χ1n) is 8.92. The molecule has 0 spiro atoms. The number of allylic oxidation sites excluding steroid dienone is 3. The van der Waals surface area contributed by atoms with Crippen LogP contribution in [0, 0.1) is 6.92 Å². The highest BCUT2D eigenvalue weighted by Gasteiger charge is 2.39. The number of halogens is 4. The van der Waals surface area contributed by atoms with Gasteiger partial charge in [-0.05, 0) is 45.2 Å². The van der Waals surface area contributed by atoms with Crippen LogP contribution < -0.4 is 0 Å². The summed E-state index contributed by atoms with van der Waals surface area (Å²) in [5.41, 5.74) is 0.446. The summed E-state index contributed by atoms with van der Waals surface area (Å²) >= 11 is 5.86. The van der Waals surface area contributed by atoms with Gasteiger partial charge in [0.1, 0.15) is 5.15 Å². The van der Waals surface area contributed by atoms with E-state index in [1.165, 1.54) is 12.3 Å². The van der Waals surface area contributed by atoms with Crippen LogP contribution >= 0.6 is 11.6 Å². The predicted octanol–water partition coefficient (Wildman–Crippen LogP) is 7.18. The maximum atomic E-state index is 13.6. The largest absolute Gasteiger partial charge is 0.433 e. The molecule has 0 aliphatic heterocycles. The van der Waals surface area contributed by atoms with Gasteiger partial charge in [0.15, 0.2) is 5.71 Å². The van der Waals surface area contributed by atoms with Gasteiger partial charge in [-0.1, -0.05) is 44.0 Å². The summed E-state index contributed by atoms with van der Waals surface area (Å²) in [5.74, 6) is 0. The van der Waals surface area contributed by atoms with Crippen LogP contribution in [0.1, 0.15) is 52.1 Å². The van der Waals surface area contributed by atoms with E-state index in [1.807, 2.05) is 13.8 Å². The number of pyridine rings is 1. The van der Waals surface area contributed by atoms with Crippen molar-refractivity contribution in [2.24, 2.45) is 9.98 Å². The highest BCUT2D eigenvalue weighted by Crippen LogP contribution is 2.27. The molecule has 0 aliphatic carbocycles. The van der Waals surface area contributed by atoms with Gasteiger partial charge in [-0.3, -0.25) is 9.98 Å². The summed E-state index contributed by atoms with van der Waals surface area (Å²) in [6.07, 6.45) is 2.17. The number of hydrogen-bond acceptors (Lipinski definition) is 3. The Morgan fingerprint density at radius 1 is 1.26 bits per heavy atom. The molecule has 0 radical (unpaired) electrons. The van der Waals surface area contributed by atoms with E-state index in [0.717, 1.165) is 6.42 Å². The predicted molar refractivity (Wildman–Crippen MR) is 107 cm³/mol.